The number of rotatable bonds is 2. The van der Waals surface area contributed by atoms with Gasteiger partial charge in [-0.25, -0.2) is 9.48 Å². The second-order valence-corrected chi connectivity index (χ2v) is 4.90. The molecule has 0 aliphatic heterocycles. The molecule has 6 heteroatoms. The van der Waals surface area contributed by atoms with Gasteiger partial charge in [0.25, 0.3) is 0 Å². The summed E-state index contributed by atoms with van der Waals surface area (Å²) in [6.45, 7) is 3.52. The zero-order valence-electron chi connectivity index (χ0n) is 9.31. The van der Waals surface area contributed by atoms with Crippen molar-refractivity contribution in [3.8, 4) is 5.69 Å². The van der Waals surface area contributed by atoms with Crippen LogP contribution in [-0.4, -0.2) is 25.8 Å². The number of carboxylic acids is 1. The summed E-state index contributed by atoms with van der Waals surface area (Å²) in [4.78, 5) is 15.4. The minimum atomic E-state index is -0.990. The van der Waals surface area contributed by atoms with Crippen LogP contribution in [0.4, 0.5) is 0 Å². The lowest BCUT2D eigenvalue weighted by Gasteiger charge is -2.09. The van der Waals surface area contributed by atoms with Crippen molar-refractivity contribution in [2.45, 2.75) is 13.8 Å². The number of pyridine rings is 1. The van der Waals surface area contributed by atoms with Crippen LogP contribution in [0.25, 0.3) is 5.69 Å². The SMILES string of the molecule is Cc1cc(-n2cc(I)cn2)c(C(=O)O)c(C)n1. The van der Waals surface area contributed by atoms with Crippen molar-refractivity contribution in [2.24, 2.45) is 0 Å². The van der Waals surface area contributed by atoms with E-state index in [-0.39, 0.29) is 5.56 Å². The van der Waals surface area contributed by atoms with Crippen LogP contribution in [-0.2, 0) is 0 Å². The van der Waals surface area contributed by atoms with Crippen LogP contribution in [0.5, 0.6) is 0 Å². The fraction of sp³-hybridized carbons (Fsp3) is 0.182. The molecule has 0 radical (unpaired) electrons. The van der Waals surface area contributed by atoms with E-state index in [2.05, 4.69) is 32.7 Å². The molecule has 0 aliphatic rings. The quantitative estimate of drug-likeness (QED) is 0.849. The molecule has 5 nitrogen and oxygen atoms in total. The average Bonchev–Trinajstić information content (AvgIpc) is 2.62. The molecule has 0 unspecified atom stereocenters. The summed E-state index contributed by atoms with van der Waals surface area (Å²) in [5.74, 6) is -0.990. The van der Waals surface area contributed by atoms with E-state index in [1.54, 1.807) is 30.1 Å². The predicted octanol–water partition coefficient (Wildman–Crippen LogP) is 2.19. The maximum absolute atomic E-state index is 11.3. The van der Waals surface area contributed by atoms with E-state index in [0.29, 0.717) is 11.4 Å². The minimum absolute atomic E-state index is 0.190. The van der Waals surface area contributed by atoms with E-state index >= 15 is 0 Å². The molecule has 0 aromatic carbocycles. The van der Waals surface area contributed by atoms with Crippen molar-refractivity contribution in [1.29, 1.82) is 0 Å². The Morgan fingerprint density at radius 1 is 1.47 bits per heavy atom. The van der Waals surface area contributed by atoms with Gasteiger partial charge >= 0.3 is 5.97 Å². The summed E-state index contributed by atoms with van der Waals surface area (Å²) in [5.41, 5.74) is 2.01. The molecule has 0 aliphatic carbocycles. The number of carboxylic acid groups (broad SMARTS) is 1. The molecule has 0 bridgehead atoms. The first-order chi connectivity index (χ1) is 7.99. The lowest BCUT2D eigenvalue weighted by atomic mass is 10.1. The van der Waals surface area contributed by atoms with Crippen molar-refractivity contribution < 1.29 is 9.90 Å². The topological polar surface area (TPSA) is 68.0 Å². The van der Waals surface area contributed by atoms with Crippen LogP contribution in [0.3, 0.4) is 0 Å². The summed E-state index contributed by atoms with van der Waals surface area (Å²) in [6, 6.07) is 1.72. The van der Waals surface area contributed by atoms with Gasteiger partial charge in [-0.3, -0.25) is 4.98 Å². The number of aromatic carboxylic acids is 1. The maximum Gasteiger partial charge on any atom is 0.339 e. The molecule has 0 saturated heterocycles. The van der Waals surface area contributed by atoms with Crippen molar-refractivity contribution in [1.82, 2.24) is 14.8 Å². The molecule has 0 atom stereocenters. The van der Waals surface area contributed by atoms with Crippen LogP contribution in [0.15, 0.2) is 18.5 Å². The fourth-order valence-corrected chi connectivity index (χ4v) is 2.07. The third kappa shape index (κ3) is 2.31. The zero-order valence-corrected chi connectivity index (χ0v) is 11.5. The van der Waals surface area contributed by atoms with Crippen LogP contribution in [0.2, 0.25) is 0 Å². The molecule has 17 heavy (non-hydrogen) atoms. The standard InChI is InChI=1S/C11H10IN3O2/c1-6-3-9(15-5-8(12)4-13-15)10(11(16)17)7(2)14-6/h3-5H,1-2H3,(H,16,17). The van der Waals surface area contributed by atoms with Gasteiger partial charge in [0, 0.05) is 11.9 Å². The molecule has 2 heterocycles. The molecular formula is C11H10IN3O2. The van der Waals surface area contributed by atoms with Gasteiger partial charge in [-0.2, -0.15) is 5.10 Å². The maximum atomic E-state index is 11.3. The number of halogens is 1. The molecule has 0 spiro atoms. The largest absolute Gasteiger partial charge is 0.478 e. The minimum Gasteiger partial charge on any atom is -0.478 e. The second-order valence-electron chi connectivity index (χ2n) is 3.65. The first-order valence-corrected chi connectivity index (χ1v) is 5.99. The Balaban J connectivity index is 2.71. The predicted molar refractivity (Wildman–Crippen MR) is 70.5 cm³/mol. The van der Waals surface area contributed by atoms with Crippen molar-refractivity contribution in [3.63, 3.8) is 0 Å². The van der Waals surface area contributed by atoms with E-state index < -0.39 is 5.97 Å². The molecule has 1 N–H and O–H groups in total. The fourth-order valence-electron chi connectivity index (χ4n) is 1.69. The number of hydrogen-bond acceptors (Lipinski definition) is 3. The van der Waals surface area contributed by atoms with Gasteiger partial charge in [0.15, 0.2) is 0 Å². The highest BCUT2D eigenvalue weighted by atomic mass is 127. The van der Waals surface area contributed by atoms with Gasteiger partial charge in [-0.15, -0.1) is 0 Å². The molecule has 0 amide bonds. The van der Waals surface area contributed by atoms with E-state index in [0.717, 1.165) is 9.26 Å². The summed E-state index contributed by atoms with van der Waals surface area (Å²) in [7, 11) is 0. The Labute approximate surface area is 112 Å². The highest BCUT2D eigenvalue weighted by molar-refractivity contribution is 14.1. The van der Waals surface area contributed by atoms with Crippen LogP contribution in [0, 0.1) is 17.4 Å². The van der Waals surface area contributed by atoms with E-state index in [4.69, 9.17) is 0 Å². The average molecular weight is 343 g/mol. The smallest absolute Gasteiger partial charge is 0.339 e. The van der Waals surface area contributed by atoms with Crippen LogP contribution < -0.4 is 0 Å². The van der Waals surface area contributed by atoms with Crippen LogP contribution >= 0.6 is 22.6 Å². The lowest BCUT2D eigenvalue weighted by molar-refractivity contribution is 0.0695. The third-order valence-corrected chi connectivity index (χ3v) is 2.88. The van der Waals surface area contributed by atoms with Crippen molar-refractivity contribution >= 4 is 28.6 Å². The van der Waals surface area contributed by atoms with Gasteiger partial charge < -0.3 is 5.11 Å². The molecule has 88 valence electrons. The molecule has 0 saturated carbocycles. The van der Waals surface area contributed by atoms with E-state index in [1.807, 2.05) is 6.92 Å². The Morgan fingerprint density at radius 2 is 2.18 bits per heavy atom. The van der Waals surface area contributed by atoms with Gasteiger partial charge in [0.05, 0.1) is 21.1 Å². The van der Waals surface area contributed by atoms with Gasteiger partial charge in [0.2, 0.25) is 0 Å². The lowest BCUT2D eigenvalue weighted by Crippen LogP contribution is -2.10. The monoisotopic (exact) mass is 343 g/mol. The first-order valence-electron chi connectivity index (χ1n) is 4.91. The number of hydrogen-bond donors (Lipinski definition) is 1. The molecule has 0 fully saturated rings. The van der Waals surface area contributed by atoms with E-state index in [1.165, 1.54) is 0 Å². The Morgan fingerprint density at radius 3 is 2.71 bits per heavy atom. The Bertz CT molecular complexity index is 592. The number of carbonyl (C=O) groups is 1. The summed E-state index contributed by atoms with van der Waals surface area (Å²) in [5, 5.41) is 13.4. The Kier molecular flexibility index (Phi) is 3.14. The summed E-state index contributed by atoms with van der Waals surface area (Å²) >= 11 is 2.13. The van der Waals surface area contributed by atoms with Crippen LogP contribution in [0.1, 0.15) is 21.7 Å². The third-order valence-electron chi connectivity index (χ3n) is 2.32. The molecule has 2 aromatic heterocycles. The van der Waals surface area contributed by atoms with E-state index in [9.17, 15) is 9.90 Å². The summed E-state index contributed by atoms with van der Waals surface area (Å²) in [6.07, 6.45) is 3.46. The zero-order chi connectivity index (χ0) is 12.6. The van der Waals surface area contributed by atoms with Gasteiger partial charge in [0.1, 0.15) is 5.56 Å². The molecule has 2 aromatic rings. The molecular weight excluding hydrogens is 333 g/mol. The van der Waals surface area contributed by atoms with Crippen molar-refractivity contribution in [3.05, 3.63) is 39.0 Å². The summed E-state index contributed by atoms with van der Waals surface area (Å²) < 4.78 is 2.51. The van der Waals surface area contributed by atoms with Crippen molar-refractivity contribution in [2.75, 3.05) is 0 Å². The number of aromatic nitrogens is 3. The van der Waals surface area contributed by atoms with Gasteiger partial charge in [-0.1, -0.05) is 0 Å². The first kappa shape index (κ1) is 12.0. The number of aryl methyl sites for hydroxylation is 2. The normalized spacial score (nSPS) is 10.5. The number of nitrogens with zero attached hydrogens (tertiary/aromatic N) is 3. The molecule has 2 rings (SSSR count). The second kappa shape index (κ2) is 4.44. The highest BCUT2D eigenvalue weighted by Crippen LogP contribution is 2.19. The Hall–Kier alpha value is -1.44. The van der Waals surface area contributed by atoms with Gasteiger partial charge in [-0.05, 0) is 42.5 Å². The highest BCUT2D eigenvalue weighted by Gasteiger charge is 2.17.